The fourth-order valence-corrected chi connectivity index (χ4v) is 4.13. The molecular weight excluding hydrogens is 364 g/mol. The quantitative estimate of drug-likeness (QED) is 0.257. The number of benzene rings is 1. The van der Waals surface area contributed by atoms with E-state index in [1.54, 1.807) is 37.4 Å². The van der Waals surface area contributed by atoms with Crippen molar-refractivity contribution in [2.75, 3.05) is 33.3 Å². The molecule has 152 valence electrons. The van der Waals surface area contributed by atoms with Crippen LogP contribution in [0.5, 0.6) is 0 Å². The molecule has 1 aromatic rings. The third-order valence-corrected chi connectivity index (χ3v) is 6.01. The summed E-state index contributed by atoms with van der Waals surface area (Å²) in [5.41, 5.74) is 0. The molecule has 0 amide bonds. The van der Waals surface area contributed by atoms with Crippen molar-refractivity contribution < 1.29 is 13.2 Å². The Morgan fingerprint density at radius 1 is 1.04 bits per heavy atom. The van der Waals surface area contributed by atoms with Crippen LogP contribution in [-0.4, -0.2) is 53.8 Å². The Balaban J connectivity index is 1.60. The molecule has 7 nitrogen and oxygen atoms in total. The van der Waals surface area contributed by atoms with E-state index >= 15 is 0 Å². The zero-order valence-electron chi connectivity index (χ0n) is 16.1. The van der Waals surface area contributed by atoms with E-state index in [0.717, 1.165) is 12.8 Å². The number of nitrogens with one attached hydrogen (secondary N) is 3. The summed E-state index contributed by atoms with van der Waals surface area (Å²) in [6.45, 7) is 2.03. The fraction of sp³-hybridized carbons (Fsp3) is 0.632. The Morgan fingerprint density at radius 3 is 2.37 bits per heavy atom. The molecule has 0 unspecified atom stereocenters. The van der Waals surface area contributed by atoms with Crippen LogP contribution in [0.2, 0.25) is 0 Å². The number of hydrogen-bond donors (Lipinski definition) is 3. The molecule has 8 heteroatoms. The molecule has 1 aromatic carbocycles. The van der Waals surface area contributed by atoms with Gasteiger partial charge in [-0.1, -0.05) is 43.9 Å². The molecule has 27 heavy (non-hydrogen) atoms. The van der Waals surface area contributed by atoms with E-state index in [1.807, 2.05) is 0 Å². The van der Waals surface area contributed by atoms with E-state index in [9.17, 15) is 8.42 Å². The second kappa shape index (κ2) is 11.9. The number of aliphatic imine (C=N–C) groups is 1. The van der Waals surface area contributed by atoms with Crippen LogP contribution in [0.1, 0.15) is 38.5 Å². The molecular formula is C19H32N4O3S. The van der Waals surface area contributed by atoms with Gasteiger partial charge in [0, 0.05) is 26.7 Å². The summed E-state index contributed by atoms with van der Waals surface area (Å²) in [6, 6.07) is 8.34. The predicted molar refractivity (Wildman–Crippen MR) is 108 cm³/mol. The van der Waals surface area contributed by atoms with Gasteiger partial charge >= 0.3 is 0 Å². The second-order valence-electron chi connectivity index (χ2n) is 6.62. The van der Waals surface area contributed by atoms with E-state index in [2.05, 4.69) is 20.3 Å². The third kappa shape index (κ3) is 8.28. The smallest absolute Gasteiger partial charge is 0.240 e. The van der Waals surface area contributed by atoms with Gasteiger partial charge in [0.15, 0.2) is 5.96 Å². The van der Waals surface area contributed by atoms with Crippen LogP contribution in [0.3, 0.4) is 0 Å². The highest BCUT2D eigenvalue weighted by atomic mass is 32.2. The van der Waals surface area contributed by atoms with Crippen molar-refractivity contribution in [2.45, 2.75) is 49.5 Å². The van der Waals surface area contributed by atoms with Crippen LogP contribution in [0, 0.1) is 0 Å². The minimum Gasteiger partial charge on any atom is -0.376 e. The summed E-state index contributed by atoms with van der Waals surface area (Å²) < 4.78 is 32.8. The Labute approximate surface area is 163 Å². The molecule has 0 radical (unpaired) electrons. The van der Waals surface area contributed by atoms with Crippen LogP contribution in [0.25, 0.3) is 0 Å². The lowest BCUT2D eigenvalue weighted by atomic mass is 10.1. The van der Waals surface area contributed by atoms with Crippen LogP contribution in [0.15, 0.2) is 40.2 Å². The zero-order valence-corrected chi connectivity index (χ0v) is 16.9. The molecule has 1 aliphatic carbocycles. The standard InChI is InChI=1S/C19H32N4O3S/c1-20-19(22-15-16-26-17-9-5-2-3-6-10-17)21-13-14-23-27(24,25)18-11-7-4-8-12-18/h4,7-8,11-12,17,23H,2-3,5-6,9-10,13-16H2,1H3,(H2,20,21,22). The van der Waals surface area contributed by atoms with Crippen molar-refractivity contribution in [1.82, 2.24) is 15.4 Å². The van der Waals surface area contributed by atoms with E-state index in [0.29, 0.717) is 31.8 Å². The monoisotopic (exact) mass is 396 g/mol. The summed E-state index contributed by atoms with van der Waals surface area (Å²) in [5.74, 6) is 0.637. The summed E-state index contributed by atoms with van der Waals surface area (Å²) in [6.07, 6.45) is 7.88. The molecule has 2 rings (SSSR count). The lowest BCUT2D eigenvalue weighted by molar-refractivity contribution is 0.0468. The van der Waals surface area contributed by atoms with E-state index < -0.39 is 10.0 Å². The fourth-order valence-electron chi connectivity index (χ4n) is 3.07. The lowest BCUT2D eigenvalue weighted by Gasteiger charge is -2.17. The molecule has 1 saturated carbocycles. The minimum absolute atomic E-state index is 0.267. The zero-order chi connectivity index (χ0) is 19.4. The van der Waals surface area contributed by atoms with Crippen molar-refractivity contribution in [3.8, 4) is 0 Å². The summed E-state index contributed by atoms with van der Waals surface area (Å²) in [7, 11) is -1.78. The molecule has 0 atom stereocenters. The van der Waals surface area contributed by atoms with Gasteiger partial charge in [-0.15, -0.1) is 0 Å². The summed E-state index contributed by atoms with van der Waals surface area (Å²) >= 11 is 0. The largest absolute Gasteiger partial charge is 0.376 e. The van der Waals surface area contributed by atoms with E-state index in [-0.39, 0.29) is 11.4 Å². The highest BCUT2D eigenvalue weighted by Gasteiger charge is 2.13. The lowest BCUT2D eigenvalue weighted by Crippen LogP contribution is -2.42. The van der Waals surface area contributed by atoms with Gasteiger partial charge in [0.05, 0.1) is 17.6 Å². The van der Waals surface area contributed by atoms with Gasteiger partial charge in [-0.2, -0.15) is 0 Å². The number of rotatable bonds is 9. The van der Waals surface area contributed by atoms with E-state index in [4.69, 9.17) is 4.74 Å². The molecule has 0 aromatic heterocycles. The maximum Gasteiger partial charge on any atom is 0.240 e. The first-order valence-electron chi connectivity index (χ1n) is 9.72. The summed E-state index contributed by atoms with van der Waals surface area (Å²) in [4.78, 5) is 4.41. The average Bonchev–Trinajstić information content (AvgIpc) is 2.96. The maximum atomic E-state index is 12.1. The molecule has 1 fully saturated rings. The highest BCUT2D eigenvalue weighted by molar-refractivity contribution is 7.89. The maximum absolute atomic E-state index is 12.1. The van der Waals surface area contributed by atoms with Crippen LogP contribution < -0.4 is 15.4 Å². The third-order valence-electron chi connectivity index (χ3n) is 4.54. The highest BCUT2D eigenvalue weighted by Crippen LogP contribution is 2.19. The van der Waals surface area contributed by atoms with Crippen LogP contribution >= 0.6 is 0 Å². The first-order valence-corrected chi connectivity index (χ1v) is 11.2. The molecule has 3 N–H and O–H groups in total. The van der Waals surface area contributed by atoms with Crippen LogP contribution in [0.4, 0.5) is 0 Å². The normalized spacial score (nSPS) is 16.7. The van der Waals surface area contributed by atoms with Crippen molar-refractivity contribution in [1.29, 1.82) is 0 Å². The number of ether oxygens (including phenoxy) is 1. The minimum atomic E-state index is -3.47. The first-order chi connectivity index (χ1) is 13.1. The Kier molecular flexibility index (Phi) is 9.58. The topological polar surface area (TPSA) is 91.8 Å². The molecule has 0 aliphatic heterocycles. The van der Waals surface area contributed by atoms with Crippen molar-refractivity contribution in [2.24, 2.45) is 4.99 Å². The number of hydrogen-bond acceptors (Lipinski definition) is 4. The SMILES string of the molecule is CN=C(NCCNS(=O)(=O)c1ccccc1)NCCOC1CCCCCC1. The van der Waals surface area contributed by atoms with Gasteiger partial charge < -0.3 is 15.4 Å². The molecule has 0 spiro atoms. The Hall–Kier alpha value is -1.64. The average molecular weight is 397 g/mol. The second-order valence-corrected chi connectivity index (χ2v) is 8.39. The van der Waals surface area contributed by atoms with Crippen molar-refractivity contribution >= 4 is 16.0 Å². The van der Waals surface area contributed by atoms with Gasteiger partial charge in [0.1, 0.15) is 0 Å². The molecule has 0 saturated heterocycles. The molecule has 1 aliphatic rings. The van der Waals surface area contributed by atoms with E-state index in [1.165, 1.54) is 25.7 Å². The molecule has 0 bridgehead atoms. The van der Waals surface area contributed by atoms with Gasteiger partial charge in [-0.25, -0.2) is 13.1 Å². The number of nitrogens with zero attached hydrogens (tertiary/aromatic N) is 1. The van der Waals surface area contributed by atoms with Crippen LogP contribution in [-0.2, 0) is 14.8 Å². The predicted octanol–water partition coefficient (Wildman–Crippen LogP) is 1.87. The van der Waals surface area contributed by atoms with Crippen molar-refractivity contribution in [3.05, 3.63) is 30.3 Å². The van der Waals surface area contributed by atoms with Gasteiger partial charge in [0.2, 0.25) is 10.0 Å². The van der Waals surface area contributed by atoms with Gasteiger partial charge in [-0.3, -0.25) is 4.99 Å². The van der Waals surface area contributed by atoms with Gasteiger partial charge in [-0.05, 0) is 25.0 Å². The van der Waals surface area contributed by atoms with Gasteiger partial charge in [0.25, 0.3) is 0 Å². The Morgan fingerprint density at radius 2 is 1.70 bits per heavy atom. The number of sulfonamides is 1. The number of guanidine groups is 1. The van der Waals surface area contributed by atoms with Crippen molar-refractivity contribution in [3.63, 3.8) is 0 Å². The summed E-state index contributed by atoms with van der Waals surface area (Å²) in [5, 5.41) is 6.29. The Bertz CT molecular complexity index is 657. The molecule has 0 heterocycles. The first kappa shape index (κ1) is 21.7.